The van der Waals surface area contributed by atoms with E-state index in [4.69, 9.17) is 4.42 Å². The predicted molar refractivity (Wildman–Crippen MR) is 46.0 cm³/mol. The van der Waals surface area contributed by atoms with E-state index in [0.29, 0.717) is 0 Å². The quantitative estimate of drug-likeness (QED) is 0.738. The van der Waals surface area contributed by atoms with Gasteiger partial charge in [-0.1, -0.05) is 0 Å². The van der Waals surface area contributed by atoms with Gasteiger partial charge in [-0.25, -0.2) is 4.79 Å². The van der Waals surface area contributed by atoms with Crippen LogP contribution in [0.2, 0.25) is 0 Å². The van der Waals surface area contributed by atoms with Crippen molar-refractivity contribution in [2.45, 2.75) is 19.7 Å². The van der Waals surface area contributed by atoms with Gasteiger partial charge in [0.1, 0.15) is 13.2 Å². The Morgan fingerprint density at radius 3 is 2.71 bits per heavy atom. The van der Waals surface area contributed by atoms with Gasteiger partial charge in [0, 0.05) is 0 Å². The molecule has 1 rings (SSSR count). The molecular formula is C8H9F3N2O4. The summed E-state index contributed by atoms with van der Waals surface area (Å²) in [4.78, 5) is 11.1. The van der Waals surface area contributed by atoms with E-state index in [1.807, 2.05) is 0 Å². The van der Waals surface area contributed by atoms with Gasteiger partial charge in [-0.05, 0) is 6.92 Å². The molecule has 96 valence electrons. The van der Waals surface area contributed by atoms with Gasteiger partial charge in [0.05, 0.1) is 6.61 Å². The topological polar surface area (TPSA) is 74.5 Å². The first kappa shape index (κ1) is 13.4. The Balaban J connectivity index is 2.43. The minimum Gasteiger partial charge on any atom is -0.459 e. The Labute approximate surface area is 93.7 Å². The number of carbonyl (C=O) groups excluding carboxylic acids is 1. The molecule has 0 unspecified atom stereocenters. The van der Waals surface area contributed by atoms with Crippen LogP contribution in [0.1, 0.15) is 23.5 Å². The molecule has 0 N–H and O–H groups in total. The molecule has 0 aliphatic carbocycles. The molecule has 17 heavy (non-hydrogen) atoms. The summed E-state index contributed by atoms with van der Waals surface area (Å²) in [5.41, 5.74) is 0. The molecule has 0 amide bonds. The van der Waals surface area contributed by atoms with Crippen molar-refractivity contribution in [2.75, 3.05) is 13.2 Å². The van der Waals surface area contributed by atoms with Gasteiger partial charge in [0.2, 0.25) is 5.89 Å². The third kappa shape index (κ3) is 4.81. The molecule has 0 saturated carbocycles. The summed E-state index contributed by atoms with van der Waals surface area (Å²) in [5.74, 6) is -1.48. The summed E-state index contributed by atoms with van der Waals surface area (Å²) in [7, 11) is 0. The van der Waals surface area contributed by atoms with Crippen LogP contribution in [0.3, 0.4) is 0 Å². The zero-order chi connectivity index (χ0) is 12.9. The summed E-state index contributed by atoms with van der Waals surface area (Å²) in [6.45, 7) is -0.237. The van der Waals surface area contributed by atoms with E-state index in [-0.39, 0.29) is 12.5 Å². The van der Waals surface area contributed by atoms with Gasteiger partial charge >= 0.3 is 18.0 Å². The van der Waals surface area contributed by atoms with Gasteiger partial charge in [-0.3, -0.25) is 0 Å². The van der Waals surface area contributed by atoms with Crippen LogP contribution in [0.25, 0.3) is 0 Å². The zero-order valence-electron chi connectivity index (χ0n) is 8.78. The van der Waals surface area contributed by atoms with E-state index in [1.54, 1.807) is 6.92 Å². The molecule has 0 aliphatic rings. The van der Waals surface area contributed by atoms with Crippen LogP contribution in [-0.2, 0) is 16.1 Å². The van der Waals surface area contributed by atoms with Gasteiger partial charge in [0.15, 0.2) is 0 Å². The Hall–Kier alpha value is -1.64. The lowest BCUT2D eigenvalue weighted by Crippen LogP contribution is -2.16. The number of alkyl halides is 3. The molecule has 9 heteroatoms. The summed E-state index contributed by atoms with van der Waals surface area (Å²) in [6, 6.07) is 0. The van der Waals surface area contributed by atoms with E-state index < -0.39 is 31.3 Å². The van der Waals surface area contributed by atoms with E-state index in [1.165, 1.54) is 0 Å². The molecule has 1 aromatic rings. The van der Waals surface area contributed by atoms with Gasteiger partial charge in [-0.2, -0.15) is 13.2 Å². The van der Waals surface area contributed by atoms with Crippen molar-refractivity contribution in [1.82, 2.24) is 10.2 Å². The fourth-order valence-corrected chi connectivity index (χ4v) is 0.841. The number of hydrogen-bond acceptors (Lipinski definition) is 6. The second kappa shape index (κ2) is 5.62. The Morgan fingerprint density at radius 2 is 2.12 bits per heavy atom. The Bertz CT molecular complexity index is 377. The second-order valence-electron chi connectivity index (χ2n) is 2.83. The van der Waals surface area contributed by atoms with Gasteiger partial charge in [-0.15, -0.1) is 10.2 Å². The summed E-state index contributed by atoms with van der Waals surface area (Å²) >= 11 is 0. The summed E-state index contributed by atoms with van der Waals surface area (Å²) < 4.78 is 48.7. The lowest BCUT2D eigenvalue weighted by atomic mass is 10.6. The van der Waals surface area contributed by atoms with Crippen LogP contribution >= 0.6 is 0 Å². The van der Waals surface area contributed by atoms with Crippen LogP contribution in [0.4, 0.5) is 13.2 Å². The number of rotatable bonds is 5. The molecule has 0 fully saturated rings. The van der Waals surface area contributed by atoms with Crippen LogP contribution in [0.5, 0.6) is 0 Å². The molecule has 0 saturated heterocycles. The highest BCUT2D eigenvalue weighted by Gasteiger charge is 2.27. The van der Waals surface area contributed by atoms with Crippen LogP contribution < -0.4 is 0 Å². The number of carbonyl (C=O) groups is 1. The maximum Gasteiger partial charge on any atom is 0.411 e. The Morgan fingerprint density at radius 1 is 1.41 bits per heavy atom. The van der Waals surface area contributed by atoms with Crippen LogP contribution in [-0.4, -0.2) is 35.6 Å². The fourth-order valence-electron chi connectivity index (χ4n) is 0.841. The highest BCUT2D eigenvalue weighted by atomic mass is 19.4. The summed E-state index contributed by atoms with van der Waals surface area (Å²) in [6.07, 6.45) is -4.43. The van der Waals surface area contributed by atoms with E-state index in [2.05, 4.69) is 19.7 Å². The minimum absolute atomic E-state index is 0.126. The molecule has 1 aromatic heterocycles. The third-order valence-electron chi connectivity index (χ3n) is 1.41. The fraction of sp³-hybridized carbons (Fsp3) is 0.625. The van der Waals surface area contributed by atoms with Gasteiger partial charge in [0.25, 0.3) is 0 Å². The first-order chi connectivity index (χ1) is 7.92. The largest absolute Gasteiger partial charge is 0.459 e. The number of esters is 1. The predicted octanol–water partition coefficient (Wildman–Crippen LogP) is 1.33. The lowest BCUT2D eigenvalue weighted by Gasteiger charge is -2.04. The standard InChI is InChI=1S/C8H9F3N2O4/c1-2-16-7(14)6-13-12-5(17-6)3-15-4-8(9,10)11/h2-4H2,1H3. The maximum absolute atomic E-state index is 11.7. The molecular weight excluding hydrogens is 245 g/mol. The summed E-state index contributed by atoms with van der Waals surface area (Å²) in [5, 5.41) is 6.63. The van der Waals surface area contributed by atoms with E-state index >= 15 is 0 Å². The zero-order valence-corrected chi connectivity index (χ0v) is 8.78. The van der Waals surface area contributed by atoms with Crippen molar-refractivity contribution in [1.29, 1.82) is 0 Å². The molecule has 0 bridgehead atoms. The lowest BCUT2D eigenvalue weighted by molar-refractivity contribution is -0.177. The molecule has 0 radical (unpaired) electrons. The van der Waals surface area contributed by atoms with E-state index in [0.717, 1.165) is 0 Å². The minimum atomic E-state index is -4.43. The number of nitrogens with zero attached hydrogens (tertiary/aromatic N) is 2. The molecule has 0 atom stereocenters. The smallest absolute Gasteiger partial charge is 0.411 e. The normalized spacial score (nSPS) is 11.5. The highest BCUT2D eigenvalue weighted by Crippen LogP contribution is 2.15. The van der Waals surface area contributed by atoms with Gasteiger partial charge < -0.3 is 13.9 Å². The number of hydrogen-bond donors (Lipinski definition) is 0. The molecule has 0 aliphatic heterocycles. The van der Waals surface area contributed by atoms with Crippen LogP contribution in [0, 0.1) is 0 Å². The highest BCUT2D eigenvalue weighted by molar-refractivity contribution is 5.83. The number of aromatic nitrogens is 2. The SMILES string of the molecule is CCOC(=O)c1nnc(COCC(F)(F)F)o1. The average molecular weight is 254 g/mol. The monoisotopic (exact) mass is 254 g/mol. The molecule has 1 heterocycles. The van der Waals surface area contributed by atoms with Crippen molar-refractivity contribution >= 4 is 5.97 Å². The Kier molecular flexibility index (Phi) is 4.44. The molecule has 0 aromatic carbocycles. The molecule has 6 nitrogen and oxygen atoms in total. The van der Waals surface area contributed by atoms with Crippen molar-refractivity contribution in [3.05, 3.63) is 11.8 Å². The molecule has 0 spiro atoms. The average Bonchev–Trinajstić information content (AvgIpc) is 2.65. The third-order valence-corrected chi connectivity index (χ3v) is 1.41. The van der Waals surface area contributed by atoms with Crippen molar-refractivity contribution in [2.24, 2.45) is 0 Å². The van der Waals surface area contributed by atoms with Crippen molar-refractivity contribution in [3.63, 3.8) is 0 Å². The first-order valence-electron chi connectivity index (χ1n) is 4.56. The van der Waals surface area contributed by atoms with Crippen molar-refractivity contribution < 1.29 is 31.9 Å². The van der Waals surface area contributed by atoms with Crippen molar-refractivity contribution in [3.8, 4) is 0 Å². The number of halogens is 3. The van der Waals surface area contributed by atoms with Crippen LogP contribution in [0.15, 0.2) is 4.42 Å². The van der Waals surface area contributed by atoms with E-state index in [9.17, 15) is 18.0 Å². The maximum atomic E-state index is 11.7. The number of ether oxygens (including phenoxy) is 2. The first-order valence-corrected chi connectivity index (χ1v) is 4.56. The second-order valence-corrected chi connectivity index (χ2v) is 2.83.